The van der Waals surface area contributed by atoms with Crippen LogP contribution in [0.2, 0.25) is 0 Å². The molecule has 2 heterocycles. The molecule has 4 rings (SSSR count). The highest BCUT2D eigenvalue weighted by Gasteiger charge is 2.20. The number of amides is 1. The Bertz CT molecular complexity index is 1290. The number of aromatic nitrogens is 3. The minimum Gasteiger partial charge on any atom is -0.466 e. The highest BCUT2D eigenvalue weighted by atomic mass is 32.1. The van der Waals surface area contributed by atoms with Crippen molar-refractivity contribution in [3.05, 3.63) is 82.5 Å². The SMILES string of the molecule is CCOC(=O)Cc1csc(NC(=O)c2cn(-c3ccccc3)nc2-c2ccc(C)c(C)c2)n1. The van der Waals surface area contributed by atoms with Crippen LogP contribution in [0.1, 0.15) is 34.1 Å². The number of thiazole rings is 1. The lowest BCUT2D eigenvalue weighted by Crippen LogP contribution is -2.13. The number of carbonyl (C=O) groups is 2. The molecule has 1 amide bonds. The van der Waals surface area contributed by atoms with Gasteiger partial charge in [-0.25, -0.2) is 9.67 Å². The number of hydrogen-bond donors (Lipinski definition) is 1. The van der Waals surface area contributed by atoms with Crippen LogP contribution in [0.25, 0.3) is 16.9 Å². The first-order valence-corrected chi connectivity index (χ1v) is 11.5. The van der Waals surface area contributed by atoms with Crippen molar-refractivity contribution in [3.63, 3.8) is 0 Å². The molecule has 0 aliphatic carbocycles. The van der Waals surface area contributed by atoms with Crippen molar-refractivity contribution in [1.82, 2.24) is 14.8 Å². The molecule has 0 saturated carbocycles. The van der Waals surface area contributed by atoms with E-state index in [1.54, 1.807) is 23.2 Å². The number of rotatable bonds is 7. The summed E-state index contributed by atoms with van der Waals surface area (Å²) < 4.78 is 6.66. The van der Waals surface area contributed by atoms with E-state index >= 15 is 0 Å². The number of esters is 1. The Labute approximate surface area is 196 Å². The van der Waals surface area contributed by atoms with E-state index in [2.05, 4.69) is 10.3 Å². The van der Waals surface area contributed by atoms with E-state index in [0.29, 0.717) is 28.7 Å². The lowest BCUT2D eigenvalue weighted by molar-refractivity contribution is -0.142. The van der Waals surface area contributed by atoms with E-state index in [1.165, 1.54) is 16.9 Å². The molecule has 1 N–H and O–H groups in total. The van der Waals surface area contributed by atoms with Gasteiger partial charge in [0.15, 0.2) is 5.13 Å². The molecule has 0 fully saturated rings. The molecular weight excluding hydrogens is 436 g/mol. The zero-order chi connectivity index (χ0) is 23.4. The van der Waals surface area contributed by atoms with E-state index < -0.39 is 0 Å². The summed E-state index contributed by atoms with van der Waals surface area (Å²) in [6.45, 7) is 6.16. The maximum atomic E-state index is 13.2. The maximum absolute atomic E-state index is 13.2. The molecule has 0 bridgehead atoms. The van der Waals surface area contributed by atoms with Gasteiger partial charge in [-0.2, -0.15) is 5.10 Å². The Kier molecular flexibility index (Phi) is 6.65. The Hall–Kier alpha value is -3.78. The van der Waals surface area contributed by atoms with Crippen molar-refractivity contribution in [2.45, 2.75) is 27.2 Å². The number of nitrogens with zero attached hydrogens (tertiary/aromatic N) is 3. The van der Waals surface area contributed by atoms with Crippen LogP contribution in [0.15, 0.2) is 60.1 Å². The fourth-order valence-corrected chi connectivity index (χ4v) is 4.03. The lowest BCUT2D eigenvalue weighted by Gasteiger charge is -2.06. The largest absolute Gasteiger partial charge is 0.466 e. The Morgan fingerprint density at radius 2 is 1.88 bits per heavy atom. The second-order valence-corrected chi connectivity index (χ2v) is 8.41. The number of carbonyl (C=O) groups excluding carboxylic acids is 2. The minimum atomic E-state index is -0.346. The normalized spacial score (nSPS) is 10.8. The molecule has 0 atom stereocenters. The molecule has 2 aromatic heterocycles. The predicted octanol–water partition coefficient (Wildman–Crippen LogP) is 4.97. The quantitative estimate of drug-likeness (QED) is 0.394. The lowest BCUT2D eigenvalue weighted by atomic mass is 10.0. The fourth-order valence-electron chi connectivity index (χ4n) is 3.32. The Balaban J connectivity index is 1.65. The highest BCUT2D eigenvalue weighted by Crippen LogP contribution is 2.27. The summed E-state index contributed by atoms with van der Waals surface area (Å²) in [5.41, 5.74) is 5.59. The van der Waals surface area contributed by atoms with Crippen molar-refractivity contribution in [2.24, 2.45) is 0 Å². The molecule has 33 heavy (non-hydrogen) atoms. The summed E-state index contributed by atoms with van der Waals surface area (Å²) in [6.07, 6.45) is 1.79. The van der Waals surface area contributed by atoms with E-state index in [1.807, 2.05) is 62.4 Å². The summed E-state index contributed by atoms with van der Waals surface area (Å²) in [6, 6.07) is 15.7. The molecule has 0 saturated heterocycles. The van der Waals surface area contributed by atoms with Gasteiger partial charge in [-0.15, -0.1) is 11.3 Å². The molecule has 0 aliphatic rings. The molecule has 8 heteroatoms. The van der Waals surface area contributed by atoms with E-state index in [9.17, 15) is 9.59 Å². The molecule has 0 aliphatic heterocycles. The predicted molar refractivity (Wildman–Crippen MR) is 129 cm³/mol. The van der Waals surface area contributed by atoms with Gasteiger partial charge in [0.2, 0.25) is 0 Å². The number of nitrogens with one attached hydrogen (secondary N) is 1. The summed E-state index contributed by atoms with van der Waals surface area (Å²) in [4.78, 5) is 29.3. The standard InChI is InChI=1S/C25H24N4O3S/c1-4-32-22(30)13-19-15-33-25(26-19)27-24(31)21-14-29(20-8-6-5-7-9-20)28-23(21)18-11-10-16(2)17(3)12-18/h5-12,14-15H,4,13H2,1-3H3,(H,26,27,31). The Morgan fingerprint density at radius 3 is 2.61 bits per heavy atom. The second kappa shape index (κ2) is 9.79. The average molecular weight is 461 g/mol. The van der Waals surface area contributed by atoms with E-state index in [-0.39, 0.29) is 18.3 Å². The second-order valence-electron chi connectivity index (χ2n) is 7.55. The van der Waals surface area contributed by atoms with Gasteiger partial charge in [0.05, 0.1) is 30.0 Å². The summed E-state index contributed by atoms with van der Waals surface area (Å²) in [5, 5.41) is 9.73. The van der Waals surface area contributed by atoms with E-state index in [0.717, 1.165) is 16.8 Å². The van der Waals surface area contributed by atoms with Crippen LogP contribution in [-0.4, -0.2) is 33.2 Å². The first kappa shape index (κ1) is 22.4. The van der Waals surface area contributed by atoms with Crippen molar-refractivity contribution >= 4 is 28.3 Å². The maximum Gasteiger partial charge on any atom is 0.311 e. The average Bonchev–Trinajstić information content (AvgIpc) is 3.44. The van der Waals surface area contributed by atoms with Crippen molar-refractivity contribution < 1.29 is 14.3 Å². The molecular formula is C25H24N4O3S. The topological polar surface area (TPSA) is 86.1 Å². The Morgan fingerprint density at radius 1 is 1.09 bits per heavy atom. The van der Waals surface area contributed by atoms with Crippen LogP contribution in [0.3, 0.4) is 0 Å². The van der Waals surface area contributed by atoms with Crippen LogP contribution in [-0.2, 0) is 16.0 Å². The summed E-state index contributed by atoms with van der Waals surface area (Å²) in [5.74, 6) is -0.663. The van der Waals surface area contributed by atoms with Crippen LogP contribution >= 0.6 is 11.3 Å². The van der Waals surface area contributed by atoms with Gasteiger partial charge in [-0.3, -0.25) is 14.9 Å². The van der Waals surface area contributed by atoms with Crippen LogP contribution in [0.4, 0.5) is 5.13 Å². The van der Waals surface area contributed by atoms with Gasteiger partial charge in [-0.05, 0) is 50.1 Å². The highest BCUT2D eigenvalue weighted by molar-refractivity contribution is 7.14. The third-order valence-electron chi connectivity index (χ3n) is 5.16. The fraction of sp³-hybridized carbons (Fsp3) is 0.200. The number of benzene rings is 2. The summed E-state index contributed by atoms with van der Waals surface area (Å²) in [7, 11) is 0. The van der Waals surface area contributed by atoms with Crippen molar-refractivity contribution in [2.75, 3.05) is 11.9 Å². The number of para-hydroxylation sites is 1. The van der Waals surface area contributed by atoms with Gasteiger partial charge in [-0.1, -0.05) is 30.3 Å². The van der Waals surface area contributed by atoms with Gasteiger partial charge >= 0.3 is 5.97 Å². The molecule has 0 unspecified atom stereocenters. The zero-order valence-corrected chi connectivity index (χ0v) is 19.5. The molecule has 168 valence electrons. The van der Waals surface area contributed by atoms with Gasteiger partial charge in [0, 0.05) is 17.1 Å². The van der Waals surface area contributed by atoms with Crippen LogP contribution < -0.4 is 5.32 Å². The molecule has 2 aromatic carbocycles. The van der Waals surface area contributed by atoms with Crippen LogP contribution in [0, 0.1) is 13.8 Å². The number of ether oxygens (including phenoxy) is 1. The van der Waals surface area contributed by atoms with E-state index in [4.69, 9.17) is 9.84 Å². The first-order chi connectivity index (χ1) is 15.9. The number of hydrogen-bond acceptors (Lipinski definition) is 6. The monoisotopic (exact) mass is 460 g/mol. The van der Waals surface area contributed by atoms with Gasteiger partial charge in [0.1, 0.15) is 5.69 Å². The van der Waals surface area contributed by atoms with Crippen molar-refractivity contribution in [3.8, 4) is 16.9 Å². The van der Waals surface area contributed by atoms with Gasteiger partial charge in [0.25, 0.3) is 5.91 Å². The molecule has 4 aromatic rings. The number of aryl methyl sites for hydroxylation is 2. The molecule has 0 spiro atoms. The summed E-state index contributed by atoms with van der Waals surface area (Å²) >= 11 is 1.26. The molecule has 0 radical (unpaired) electrons. The zero-order valence-electron chi connectivity index (χ0n) is 18.7. The van der Waals surface area contributed by atoms with Gasteiger partial charge < -0.3 is 4.74 Å². The number of anilines is 1. The van der Waals surface area contributed by atoms with Crippen LogP contribution in [0.5, 0.6) is 0 Å². The third-order valence-corrected chi connectivity index (χ3v) is 5.97. The molecule has 7 nitrogen and oxygen atoms in total. The third kappa shape index (κ3) is 5.18. The first-order valence-electron chi connectivity index (χ1n) is 10.6. The van der Waals surface area contributed by atoms with Crippen molar-refractivity contribution in [1.29, 1.82) is 0 Å². The minimum absolute atomic E-state index is 0.0695. The smallest absolute Gasteiger partial charge is 0.311 e.